The molecule has 1 rings (SSSR count). The van der Waals surface area contributed by atoms with Crippen molar-refractivity contribution in [3.63, 3.8) is 0 Å². The monoisotopic (exact) mass is 247 g/mol. The van der Waals surface area contributed by atoms with Gasteiger partial charge >= 0.3 is 6.09 Å². The van der Waals surface area contributed by atoms with Crippen LogP contribution in [-0.4, -0.2) is 52.6 Å². The first kappa shape index (κ1) is 16.2. The number of ether oxygens (including phenoxy) is 1. The minimum Gasteiger partial charge on any atom is -0.444 e. The lowest BCUT2D eigenvalue weighted by Gasteiger charge is -2.24. The quantitative estimate of drug-likeness (QED) is 0.731. The number of carbonyl (C=O) groups excluding carboxylic acids is 1. The molecule has 1 aliphatic heterocycles. The van der Waals surface area contributed by atoms with Crippen LogP contribution in [0.3, 0.4) is 0 Å². The van der Waals surface area contributed by atoms with Crippen molar-refractivity contribution in [2.24, 2.45) is 5.92 Å². The summed E-state index contributed by atoms with van der Waals surface area (Å²) < 4.78 is 5.16. The molecule has 2 unspecified atom stereocenters. The van der Waals surface area contributed by atoms with Crippen LogP contribution in [0.4, 0.5) is 4.79 Å². The van der Waals surface area contributed by atoms with Crippen LogP contribution in [0, 0.1) is 5.92 Å². The van der Waals surface area contributed by atoms with Gasteiger partial charge in [-0.3, -0.25) is 0 Å². The lowest BCUT2D eigenvalue weighted by molar-refractivity contribution is 0.0269. The topological polar surface area (TPSA) is 70.0 Å². The molecule has 0 aliphatic carbocycles. The lowest BCUT2D eigenvalue weighted by Crippen LogP contribution is -2.35. The zero-order chi connectivity index (χ0) is 13.6. The first-order valence-electron chi connectivity index (χ1n) is 6.10. The molecule has 1 aliphatic rings. The SMILES string of the molecule is CC.CC(C)(C)OC(=O)N1CC(O)C(CO)C1. The van der Waals surface area contributed by atoms with Crippen LogP contribution in [0.2, 0.25) is 0 Å². The summed E-state index contributed by atoms with van der Waals surface area (Å²) in [6, 6.07) is 0. The fourth-order valence-electron chi connectivity index (χ4n) is 1.51. The summed E-state index contributed by atoms with van der Waals surface area (Å²) in [6.45, 7) is 9.86. The molecule has 5 heteroatoms. The van der Waals surface area contributed by atoms with Crippen LogP contribution < -0.4 is 0 Å². The molecule has 0 aromatic heterocycles. The van der Waals surface area contributed by atoms with E-state index < -0.39 is 17.8 Å². The minimum absolute atomic E-state index is 0.111. The van der Waals surface area contributed by atoms with Gasteiger partial charge in [0, 0.05) is 12.5 Å². The number of amides is 1. The zero-order valence-corrected chi connectivity index (χ0v) is 11.4. The Morgan fingerprint density at radius 1 is 1.35 bits per heavy atom. The van der Waals surface area contributed by atoms with Crippen molar-refractivity contribution in [3.8, 4) is 0 Å². The first-order valence-corrected chi connectivity index (χ1v) is 6.10. The number of rotatable bonds is 1. The van der Waals surface area contributed by atoms with Gasteiger partial charge in [-0.25, -0.2) is 4.79 Å². The van der Waals surface area contributed by atoms with Crippen molar-refractivity contribution in [2.45, 2.75) is 46.3 Å². The molecular weight excluding hydrogens is 222 g/mol. The Bertz CT molecular complexity index is 237. The molecule has 102 valence electrons. The average molecular weight is 247 g/mol. The molecule has 1 amide bonds. The predicted molar refractivity (Wildman–Crippen MR) is 65.7 cm³/mol. The van der Waals surface area contributed by atoms with Crippen LogP contribution >= 0.6 is 0 Å². The summed E-state index contributed by atoms with van der Waals surface area (Å²) in [5.41, 5.74) is -0.528. The molecule has 0 bridgehead atoms. The molecule has 0 aromatic rings. The first-order chi connectivity index (χ1) is 7.83. The van der Waals surface area contributed by atoms with Gasteiger partial charge in [-0.2, -0.15) is 0 Å². The van der Waals surface area contributed by atoms with E-state index in [-0.39, 0.29) is 19.1 Å². The van der Waals surface area contributed by atoms with Gasteiger partial charge in [-0.1, -0.05) is 13.8 Å². The Kier molecular flexibility index (Phi) is 6.49. The Morgan fingerprint density at radius 3 is 2.24 bits per heavy atom. The number of aliphatic hydroxyl groups excluding tert-OH is 2. The highest BCUT2D eigenvalue weighted by Crippen LogP contribution is 2.19. The summed E-state index contributed by atoms with van der Waals surface area (Å²) in [7, 11) is 0. The standard InChI is InChI=1S/C10H19NO4.C2H6/c1-10(2,3)15-9(14)11-4-7(6-12)8(13)5-11;1-2/h7-8,12-13H,4-6H2,1-3H3;1-2H3. The molecule has 1 saturated heterocycles. The Labute approximate surface area is 103 Å². The predicted octanol–water partition coefficient (Wildman–Crippen LogP) is 1.23. The van der Waals surface area contributed by atoms with E-state index in [2.05, 4.69) is 0 Å². The van der Waals surface area contributed by atoms with Crippen LogP contribution in [0.15, 0.2) is 0 Å². The third-order valence-corrected chi connectivity index (χ3v) is 2.29. The Balaban J connectivity index is 0.00000121. The van der Waals surface area contributed by atoms with Crippen molar-refractivity contribution < 1.29 is 19.7 Å². The minimum atomic E-state index is -0.650. The summed E-state index contributed by atoms with van der Waals surface area (Å²) in [5.74, 6) is -0.252. The molecule has 1 heterocycles. The van der Waals surface area contributed by atoms with Gasteiger partial charge in [-0.15, -0.1) is 0 Å². The van der Waals surface area contributed by atoms with Gasteiger partial charge in [0.05, 0.1) is 19.3 Å². The van der Waals surface area contributed by atoms with Gasteiger partial charge in [0.2, 0.25) is 0 Å². The largest absolute Gasteiger partial charge is 0.444 e. The highest BCUT2D eigenvalue weighted by atomic mass is 16.6. The fourth-order valence-corrected chi connectivity index (χ4v) is 1.51. The Hall–Kier alpha value is -0.810. The van der Waals surface area contributed by atoms with E-state index in [0.29, 0.717) is 6.54 Å². The van der Waals surface area contributed by atoms with Gasteiger partial charge in [0.25, 0.3) is 0 Å². The van der Waals surface area contributed by atoms with E-state index in [1.165, 1.54) is 4.90 Å². The highest BCUT2D eigenvalue weighted by molar-refractivity contribution is 5.68. The van der Waals surface area contributed by atoms with Crippen LogP contribution in [0.1, 0.15) is 34.6 Å². The maximum atomic E-state index is 11.6. The Morgan fingerprint density at radius 2 is 1.88 bits per heavy atom. The molecule has 0 saturated carbocycles. The van der Waals surface area contributed by atoms with E-state index in [1.807, 2.05) is 13.8 Å². The normalized spacial score (nSPS) is 24.1. The maximum absolute atomic E-state index is 11.6. The van der Waals surface area contributed by atoms with Gasteiger partial charge in [0.1, 0.15) is 5.60 Å². The smallest absolute Gasteiger partial charge is 0.410 e. The van der Waals surface area contributed by atoms with Crippen molar-refractivity contribution in [1.29, 1.82) is 0 Å². The lowest BCUT2D eigenvalue weighted by atomic mass is 10.1. The molecule has 17 heavy (non-hydrogen) atoms. The summed E-state index contributed by atoms with van der Waals surface area (Å²) in [6.07, 6.45) is -1.08. The highest BCUT2D eigenvalue weighted by Gasteiger charge is 2.35. The molecule has 0 spiro atoms. The number of β-amino-alcohol motifs (C(OH)–C–C–N with tert-alkyl or cyclic N) is 1. The molecule has 5 nitrogen and oxygen atoms in total. The number of likely N-dealkylation sites (tertiary alicyclic amines) is 1. The summed E-state index contributed by atoms with van der Waals surface area (Å²) in [4.78, 5) is 13.0. The molecule has 1 fully saturated rings. The summed E-state index contributed by atoms with van der Waals surface area (Å²) in [5, 5.41) is 18.4. The van der Waals surface area contributed by atoms with Crippen LogP contribution in [-0.2, 0) is 4.74 Å². The summed E-state index contributed by atoms with van der Waals surface area (Å²) >= 11 is 0. The van der Waals surface area contributed by atoms with Crippen LogP contribution in [0.5, 0.6) is 0 Å². The maximum Gasteiger partial charge on any atom is 0.410 e. The number of carbonyl (C=O) groups is 1. The second-order valence-electron chi connectivity index (χ2n) is 4.90. The molecule has 0 radical (unpaired) electrons. The third kappa shape index (κ3) is 5.37. The van der Waals surface area contributed by atoms with E-state index in [4.69, 9.17) is 9.84 Å². The second kappa shape index (κ2) is 6.81. The van der Waals surface area contributed by atoms with E-state index >= 15 is 0 Å². The van der Waals surface area contributed by atoms with Crippen molar-refractivity contribution in [1.82, 2.24) is 4.90 Å². The van der Waals surface area contributed by atoms with Gasteiger partial charge < -0.3 is 19.8 Å². The van der Waals surface area contributed by atoms with Gasteiger partial charge in [0.15, 0.2) is 0 Å². The third-order valence-electron chi connectivity index (χ3n) is 2.29. The zero-order valence-electron chi connectivity index (χ0n) is 11.4. The second-order valence-corrected chi connectivity index (χ2v) is 4.90. The number of aliphatic hydroxyl groups is 2. The van der Waals surface area contributed by atoms with Crippen LogP contribution in [0.25, 0.3) is 0 Å². The molecule has 2 atom stereocenters. The molecule has 2 N–H and O–H groups in total. The van der Waals surface area contributed by atoms with Crippen molar-refractivity contribution in [2.75, 3.05) is 19.7 Å². The van der Waals surface area contributed by atoms with Crippen molar-refractivity contribution >= 4 is 6.09 Å². The molecule has 0 aromatic carbocycles. The van der Waals surface area contributed by atoms with E-state index in [9.17, 15) is 9.90 Å². The number of hydrogen-bond acceptors (Lipinski definition) is 4. The number of hydrogen-bond donors (Lipinski definition) is 2. The van der Waals surface area contributed by atoms with E-state index in [0.717, 1.165) is 0 Å². The van der Waals surface area contributed by atoms with E-state index in [1.54, 1.807) is 20.8 Å². The number of nitrogens with zero attached hydrogens (tertiary/aromatic N) is 1. The van der Waals surface area contributed by atoms with Crippen molar-refractivity contribution in [3.05, 3.63) is 0 Å². The molecular formula is C12H25NO4. The fraction of sp³-hybridized carbons (Fsp3) is 0.917. The van der Waals surface area contributed by atoms with Gasteiger partial charge in [-0.05, 0) is 20.8 Å². The average Bonchev–Trinajstić information content (AvgIpc) is 2.60.